The molecule has 0 saturated carbocycles. The van der Waals surface area contributed by atoms with Gasteiger partial charge in [0.1, 0.15) is 13.2 Å². The van der Waals surface area contributed by atoms with Gasteiger partial charge in [-0.1, -0.05) is 58.2 Å². The molecule has 2 radical (unpaired) electrons. The van der Waals surface area contributed by atoms with Gasteiger partial charge in [0.25, 0.3) is 0 Å². The zero-order valence-corrected chi connectivity index (χ0v) is 22.3. The second-order valence-electron chi connectivity index (χ2n) is 9.04. The van der Waals surface area contributed by atoms with Gasteiger partial charge in [0, 0.05) is 0 Å². The Bertz CT molecular complexity index is 1290. The summed E-state index contributed by atoms with van der Waals surface area (Å²) in [7, 11) is 7.69. The third kappa shape index (κ3) is 8.56. The molecule has 0 aromatic heterocycles. The minimum atomic E-state index is -1.28. The first-order chi connectivity index (χ1) is 18.7. The first kappa shape index (κ1) is 29.2. The predicted molar refractivity (Wildman–Crippen MR) is 147 cm³/mol. The summed E-state index contributed by atoms with van der Waals surface area (Å²) in [6.07, 6.45) is -1.37. The maximum Gasteiger partial charge on any atom is 0.338 e. The second kappa shape index (κ2) is 14.0. The van der Waals surface area contributed by atoms with Crippen molar-refractivity contribution in [2.75, 3.05) is 13.7 Å². The zero-order chi connectivity index (χ0) is 28.4. The molecular formula is C30H30BNO7. The number of esters is 3. The highest BCUT2D eigenvalue weighted by Gasteiger charge is 2.34. The molecule has 0 unspecified atom stereocenters. The number of hydrogen-bond acceptors (Lipinski definition) is 8. The number of oxime groups is 1. The van der Waals surface area contributed by atoms with Crippen LogP contribution >= 0.6 is 0 Å². The Morgan fingerprint density at radius 2 is 1.13 bits per heavy atom. The fraction of sp³-hybridized carbons (Fsp3) is 0.267. The average Bonchev–Trinajstić information content (AvgIpc) is 2.93. The maximum absolute atomic E-state index is 13.0. The van der Waals surface area contributed by atoms with E-state index in [-0.39, 0.29) is 17.7 Å². The minimum Gasteiger partial charge on any atom is -0.462 e. The number of rotatable bonds is 11. The van der Waals surface area contributed by atoms with Crippen molar-refractivity contribution in [2.24, 2.45) is 5.16 Å². The number of benzene rings is 3. The Morgan fingerprint density at radius 1 is 0.718 bits per heavy atom. The van der Waals surface area contributed by atoms with E-state index in [0.29, 0.717) is 5.56 Å². The number of aryl methyl sites for hydroxylation is 3. The van der Waals surface area contributed by atoms with E-state index in [0.717, 1.165) is 16.7 Å². The van der Waals surface area contributed by atoms with Crippen LogP contribution in [0.1, 0.15) is 47.8 Å². The minimum absolute atomic E-state index is 0.266. The summed E-state index contributed by atoms with van der Waals surface area (Å²) in [6, 6.07) is 20.3. The molecule has 39 heavy (non-hydrogen) atoms. The van der Waals surface area contributed by atoms with Crippen LogP contribution in [-0.4, -0.2) is 57.9 Å². The Balaban J connectivity index is 1.85. The molecule has 9 heteroatoms. The van der Waals surface area contributed by atoms with Crippen LogP contribution in [0.2, 0.25) is 5.82 Å². The number of carbonyl (C=O) groups excluding carboxylic acids is 3. The summed E-state index contributed by atoms with van der Waals surface area (Å²) in [6.45, 7) is 5.34. The fourth-order valence-corrected chi connectivity index (χ4v) is 3.50. The summed E-state index contributed by atoms with van der Waals surface area (Å²) < 4.78 is 16.8. The van der Waals surface area contributed by atoms with Gasteiger partial charge < -0.3 is 19.0 Å². The quantitative estimate of drug-likeness (QED) is 0.116. The molecule has 8 nitrogen and oxygen atoms in total. The molecule has 3 aromatic carbocycles. The van der Waals surface area contributed by atoms with Crippen molar-refractivity contribution in [3.05, 3.63) is 106 Å². The average molecular weight is 527 g/mol. The first-order valence-electron chi connectivity index (χ1n) is 12.3. The predicted octanol–water partition coefficient (Wildman–Crippen LogP) is 4.81. The van der Waals surface area contributed by atoms with Crippen molar-refractivity contribution in [2.45, 2.75) is 38.8 Å². The third-order valence-electron chi connectivity index (χ3n) is 5.81. The van der Waals surface area contributed by atoms with Crippen LogP contribution in [0.3, 0.4) is 0 Å². The zero-order valence-electron chi connectivity index (χ0n) is 22.3. The van der Waals surface area contributed by atoms with E-state index >= 15 is 0 Å². The van der Waals surface area contributed by atoms with Crippen LogP contribution in [0.15, 0.2) is 78.0 Å². The number of carbonyl (C=O) groups is 3. The lowest BCUT2D eigenvalue weighted by atomic mass is 9.80. The molecule has 0 aliphatic carbocycles. The lowest BCUT2D eigenvalue weighted by Gasteiger charge is -2.29. The second-order valence-corrected chi connectivity index (χ2v) is 9.04. The molecule has 3 atom stereocenters. The SMILES string of the molecule is [B][C@H](COC(=O)c1ccc(C)cc1)[C@H](OC(=O)c1ccc(C)cc1)[C@@H](/C=N/OC)OC(=O)c1ccc(C)cc1. The molecule has 0 spiro atoms. The molecule has 3 rings (SSSR count). The van der Waals surface area contributed by atoms with Crippen molar-refractivity contribution in [3.8, 4) is 0 Å². The Kier molecular flexibility index (Phi) is 10.4. The lowest BCUT2D eigenvalue weighted by Crippen LogP contribution is -2.41. The van der Waals surface area contributed by atoms with Gasteiger partial charge in [-0.15, -0.1) is 0 Å². The molecule has 0 aliphatic heterocycles. The lowest BCUT2D eigenvalue weighted by molar-refractivity contribution is -0.0235. The van der Waals surface area contributed by atoms with E-state index in [4.69, 9.17) is 26.9 Å². The molecular weight excluding hydrogens is 497 g/mol. The standard InChI is InChI=1S/C30H30BNO7/c1-19-5-11-22(12-6-19)28(33)37-18-25(31)27(39-30(35)24-15-9-21(3)10-16-24)26(17-32-36-4)38-29(34)23-13-7-20(2)8-14-23/h5-17,25-27H,18H2,1-4H3/b32-17+/t25-,26-,27+/m1/s1. The van der Waals surface area contributed by atoms with Crippen molar-refractivity contribution in [1.82, 2.24) is 0 Å². The number of nitrogens with zero attached hydrogens (tertiary/aromatic N) is 1. The van der Waals surface area contributed by atoms with E-state index in [1.165, 1.54) is 13.3 Å². The molecule has 0 fully saturated rings. The van der Waals surface area contributed by atoms with Crippen LogP contribution in [0.5, 0.6) is 0 Å². The molecule has 0 amide bonds. The van der Waals surface area contributed by atoms with Crippen molar-refractivity contribution in [1.29, 1.82) is 0 Å². The van der Waals surface area contributed by atoms with Gasteiger partial charge in [-0.2, -0.15) is 0 Å². The monoisotopic (exact) mass is 527 g/mol. The first-order valence-corrected chi connectivity index (χ1v) is 12.3. The van der Waals surface area contributed by atoms with Gasteiger partial charge in [0.05, 0.1) is 37.4 Å². The van der Waals surface area contributed by atoms with Crippen molar-refractivity contribution < 1.29 is 33.4 Å². The van der Waals surface area contributed by atoms with Crippen LogP contribution < -0.4 is 0 Å². The third-order valence-corrected chi connectivity index (χ3v) is 5.81. The van der Waals surface area contributed by atoms with Crippen LogP contribution in [0, 0.1) is 20.8 Å². The number of ether oxygens (including phenoxy) is 3. The van der Waals surface area contributed by atoms with Gasteiger partial charge in [0.2, 0.25) is 0 Å². The van der Waals surface area contributed by atoms with Gasteiger partial charge in [0.15, 0.2) is 6.10 Å². The summed E-state index contributed by atoms with van der Waals surface area (Å²) in [4.78, 5) is 43.3. The molecule has 200 valence electrons. The fourth-order valence-electron chi connectivity index (χ4n) is 3.50. The summed E-state index contributed by atoms with van der Waals surface area (Å²) in [5, 5.41) is 3.72. The van der Waals surface area contributed by atoms with Gasteiger partial charge >= 0.3 is 17.9 Å². The molecule has 0 aliphatic rings. The Morgan fingerprint density at radius 3 is 1.56 bits per heavy atom. The normalized spacial score (nSPS) is 13.2. The van der Waals surface area contributed by atoms with E-state index in [1.807, 2.05) is 20.8 Å². The maximum atomic E-state index is 13.0. The van der Waals surface area contributed by atoms with E-state index in [1.54, 1.807) is 72.8 Å². The van der Waals surface area contributed by atoms with Gasteiger partial charge in [-0.05, 0) is 63.0 Å². The molecule has 0 heterocycles. The summed E-state index contributed by atoms with van der Waals surface area (Å²) in [5.74, 6) is -3.09. The topological polar surface area (TPSA) is 100 Å². The van der Waals surface area contributed by atoms with Crippen LogP contribution in [0.4, 0.5) is 0 Å². The van der Waals surface area contributed by atoms with E-state index in [2.05, 4.69) is 5.16 Å². The smallest absolute Gasteiger partial charge is 0.338 e. The van der Waals surface area contributed by atoms with Crippen molar-refractivity contribution in [3.63, 3.8) is 0 Å². The number of hydrogen-bond donors (Lipinski definition) is 0. The Labute approximate surface area is 229 Å². The molecule has 0 N–H and O–H groups in total. The Hall–Kier alpha value is -4.40. The van der Waals surface area contributed by atoms with Gasteiger partial charge in [-0.25, -0.2) is 14.4 Å². The highest BCUT2D eigenvalue weighted by molar-refractivity contribution is 6.12. The van der Waals surface area contributed by atoms with Crippen molar-refractivity contribution >= 4 is 32.0 Å². The molecule has 0 bridgehead atoms. The van der Waals surface area contributed by atoms with E-state index in [9.17, 15) is 14.4 Å². The highest BCUT2D eigenvalue weighted by Crippen LogP contribution is 2.22. The molecule has 0 saturated heterocycles. The van der Waals surface area contributed by atoms with Crippen LogP contribution in [-0.2, 0) is 19.0 Å². The largest absolute Gasteiger partial charge is 0.462 e. The summed E-state index contributed by atoms with van der Waals surface area (Å²) in [5.41, 5.74) is 3.79. The van der Waals surface area contributed by atoms with Crippen LogP contribution in [0.25, 0.3) is 0 Å². The summed E-state index contributed by atoms with van der Waals surface area (Å²) >= 11 is 0. The molecule has 3 aromatic rings. The van der Waals surface area contributed by atoms with Gasteiger partial charge in [-0.3, -0.25) is 0 Å². The van der Waals surface area contributed by atoms with E-state index < -0.39 is 35.9 Å². The highest BCUT2D eigenvalue weighted by atomic mass is 16.6.